The largest absolute Gasteiger partial charge is 0.360 e. The molecule has 2 aromatic heterocycles. The molecule has 2 rings (SSSR count). The molecule has 0 atom stereocenters. The summed E-state index contributed by atoms with van der Waals surface area (Å²) < 4.78 is 5.21. The van der Waals surface area contributed by atoms with Crippen molar-refractivity contribution in [1.82, 2.24) is 15.5 Å². The maximum absolute atomic E-state index is 12.2. The summed E-state index contributed by atoms with van der Waals surface area (Å²) >= 11 is 1.54. The molecule has 19 heavy (non-hydrogen) atoms. The molecule has 2 aromatic rings. The Kier molecular flexibility index (Phi) is 3.99. The molecule has 0 spiro atoms. The molecule has 0 unspecified atom stereocenters. The van der Waals surface area contributed by atoms with E-state index in [0.717, 1.165) is 10.7 Å². The van der Waals surface area contributed by atoms with E-state index in [1.165, 1.54) is 11.3 Å². The topological polar surface area (TPSA) is 68.0 Å². The van der Waals surface area contributed by atoms with Gasteiger partial charge < -0.3 is 9.84 Å². The highest BCUT2D eigenvalue weighted by atomic mass is 32.1. The zero-order chi connectivity index (χ0) is 14.0. The van der Waals surface area contributed by atoms with Gasteiger partial charge >= 0.3 is 0 Å². The maximum Gasteiger partial charge on any atom is 0.257 e. The van der Waals surface area contributed by atoms with Crippen molar-refractivity contribution in [3.05, 3.63) is 33.1 Å². The van der Waals surface area contributed by atoms with E-state index in [1.54, 1.807) is 6.92 Å². The second-order valence-corrected chi connectivity index (χ2v) is 5.67. The summed E-state index contributed by atoms with van der Waals surface area (Å²) in [6, 6.07) is 0. The molecule has 0 saturated heterocycles. The van der Waals surface area contributed by atoms with Gasteiger partial charge in [0.2, 0.25) is 0 Å². The van der Waals surface area contributed by atoms with Crippen molar-refractivity contribution >= 4 is 17.2 Å². The Bertz CT molecular complexity index is 586. The Hall–Kier alpha value is -1.69. The van der Waals surface area contributed by atoms with Crippen molar-refractivity contribution in [3.8, 4) is 0 Å². The molecule has 0 aromatic carbocycles. The van der Waals surface area contributed by atoms with Crippen LogP contribution in [0.4, 0.5) is 0 Å². The summed E-state index contributed by atoms with van der Waals surface area (Å²) in [6.45, 7) is 8.09. The first kappa shape index (κ1) is 13.7. The number of hydrogen-bond donors (Lipinski definition) is 1. The quantitative estimate of drug-likeness (QED) is 0.934. The van der Waals surface area contributed by atoms with Crippen LogP contribution in [0, 0.1) is 13.8 Å². The summed E-state index contributed by atoms with van der Waals surface area (Å²) in [7, 11) is 0. The van der Waals surface area contributed by atoms with Crippen LogP contribution in [0.3, 0.4) is 0 Å². The fourth-order valence-corrected chi connectivity index (χ4v) is 2.50. The Labute approximate surface area is 116 Å². The predicted octanol–water partition coefficient (Wildman–Crippen LogP) is 2.80. The van der Waals surface area contributed by atoms with Crippen molar-refractivity contribution in [2.24, 2.45) is 0 Å². The molecule has 0 bridgehead atoms. The maximum atomic E-state index is 12.2. The number of nitrogens with zero attached hydrogens (tertiary/aromatic N) is 2. The number of hydrogen-bond acceptors (Lipinski definition) is 5. The highest BCUT2D eigenvalue weighted by Gasteiger charge is 2.22. The molecule has 0 saturated carbocycles. The first-order chi connectivity index (χ1) is 8.99. The van der Waals surface area contributed by atoms with E-state index in [2.05, 4.69) is 15.5 Å². The molecule has 6 heteroatoms. The van der Waals surface area contributed by atoms with Gasteiger partial charge in [-0.15, -0.1) is 11.3 Å². The minimum atomic E-state index is -0.157. The van der Waals surface area contributed by atoms with E-state index >= 15 is 0 Å². The lowest BCUT2D eigenvalue weighted by molar-refractivity contribution is 0.0948. The van der Waals surface area contributed by atoms with Crippen molar-refractivity contribution in [3.63, 3.8) is 0 Å². The molecule has 1 amide bonds. The third-order valence-electron chi connectivity index (χ3n) is 2.71. The second kappa shape index (κ2) is 5.52. The Morgan fingerprint density at radius 3 is 2.79 bits per heavy atom. The van der Waals surface area contributed by atoms with Gasteiger partial charge in [0.25, 0.3) is 5.91 Å². The van der Waals surface area contributed by atoms with Crippen molar-refractivity contribution in [2.75, 3.05) is 0 Å². The number of aryl methyl sites for hydroxylation is 2. The Morgan fingerprint density at radius 2 is 2.21 bits per heavy atom. The van der Waals surface area contributed by atoms with Crippen LogP contribution in [0.5, 0.6) is 0 Å². The standard InChI is InChI=1S/C13H17N3O2S/c1-7(2)12-11(9(4)16-18-12)13(17)14-5-10-15-8(3)6-19-10/h6-7H,5H2,1-4H3,(H,14,17). The fourth-order valence-electron chi connectivity index (χ4n) is 1.79. The first-order valence-electron chi connectivity index (χ1n) is 6.14. The van der Waals surface area contributed by atoms with Crippen LogP contribution in [0.2, 0.25) is 0 Å². The van der Waals surface area contributed by atoms with Gasteiger partial charge in [0, 0.05) is 17.0 Å². The number of carbonyl (C=O) groups is 1. The number of amides is 1. The summed E-state index contributed by atoms with van der Waals surface area (Å²) in [6.07, 6.45) is 0. The van der Waals surface area contributed by atoms with Crippen LogP contribution in [0.25, 0.3) is 0 Å². The van der Waals surface area contributed by atoms with Crippen LogP contribution >= 0.6 is 11.3 Å². The summed E-state index contributed by atoms with van der Waals surface area (Å²) in [5, 5.41) is 9.59. The molecule has 0 aliphatic heterocycles. The fraction of sp³-hybridized carbons (Fsp3) is 0.462. The molecule has 0 aliphatic rings. The zero-order valence-corrected chi connectivity index (χ0v) is 12.3. The molecular weight excluding hydrogens is 262 g/mol. The Balaban J connectivity index is 2.10. The number of thiazole rings is 1. The van der Waals surface area contributed by atoms with E-state index in [1.807, 2.05) is 26.2 Å². The molecule has 5 nitrogen and oxygen atoms in total. The van der Waals surface area contributed by atoms with Crippen molar-refractivity contribution in [1.29, 1.82) is 0 Å². The third-order valence-corrected chi connectivity index (χ3v) is 3.67. The van der Waals surface area contributed by atoms with Gasteiger partial charge in [-0.1, -0.05) is 19.0 Å². The highest BCUT2D eigenvalue weighted by molar-refractivity contribution is 7.09. The van der Waals surface area contributed by atoms with Gasteiger partial charge in [-0.05, 0) is 13.8 Å². The van der Waals surface area contributed by atoms with Crippen LogP contribution in [-0.4, -0.2) is 16.0 Å². The molecule has 0 fully saturated rings. The summed E-state index contributed by atoms with van der Waals surface area (Å²) in [4.78, 5) is 16.5. The zero-order valence-electron chi connectivity index (χ0n) is 11.5. The smallest absolute Gasteiger partial charge is 0.257 e. The van der Waals surface area contributed by atoms with E-state index in [0.29, 0.717) is 23.6 Å². The first-order valence-corrected chi connectivity index (χ1v) is 7.02. The van der Waals surface area contributed by atoms with Crippen LogP contribution in [0.15, 0.2) is 9.90 Å². The van der Waals surface area contributed by atoms with Gasteiger partial charge in [-0.3, -0.25) is 4.79 Å². The monoisotopic (exact) mass is 279 g/mol. The number of aromatic nitrogens is 2. The molecule has 1 N–H and O–H groups in total. The van der Waals surface area contributed by atoms with Crippen molar-refractivity contribution in [2.45, 2.75) is 40.2 Å². The van der Waals surface area contributed by atoms with Gasteiger partial charge in [-0.2, -0.15) is 0 Å². The van der Waals surface area contributed by atoms with Crippen LogP contribution < -0.4 is 5.32 Å². The van der Waals surface area contributed by atoms with Gasteiger partial charge in [0.05, 0.1) is 12.2 Å². The average Bonchev–Trinajstić information content (AvgIpc) is 2.92. The minimum absolute atomic E-state index is 0.129. The number of carbonyl (C=O) groups excluding carboxylic acids is 1. The molecule has 2 heterocycles. The SMILES string of the molecule is Cc1csc(CNC(=O)c2c(C)noc2C(C)C)n1. The van der Waals surface area contributed by atoms with Crippen LogP contribution in [-0.2, 0) is 6.54 Å². The molecule has 102 valence electrons. The number of rotatable bonds is 4. The lowest BCUT2D eigenvalue weighted by Gasteiger charge is -2.05. The van der Waals surface area contributed by atoms with E-state index < -0.39 is 0 Å². The Morgan fingerprint density at radius 1 is 1.47 bits per heavy atom. The van der Waals surface area contributed by atoms with E-state index in [-0.39, 0.29) is 11.8 Å². The molecule has 0 radical (unpaired) electrons. The summed E-state index contributed by atoms with van der Waals surface area (Å²) in [5.41, 5.74) is 2.14. The molecular formula is C13H17N3O2S. The van der Waals surface area contributed by atoms with E-state index in [9.17, 15) is 4.79 Å². The third kappa shape index (κ3) is 3.01. The normalized spacial score (nSPS) is 11.0. The summed E-state index contributed by atoms with van der Waals surface area (Å²) in [5.74, 6) is 0.602. The van der Waals surface area contributed by atoms with Gasteiger partial charge in [0.15, 0.2) is 5.76 Å². The van der Waals surface area contributed by atoms with Crippen LogP contribution in [0.1, 0.15) is 52.3 Å². The molecule has 0 aliphatic carbocycles. The highest BCUT2D eigenvalue weighted by Crippen LogP contribution is 2.22. The number of nitrogens with one attached hydrogen (secondary N) is 1. The van der Waals surface area contributed by atoms with E-state index in [4.69, 9.17) is 4.52 Å². The predicted molar refractivity (Wildman–Crippen MR) is 73.4 cm³/mol. The van der Waals surface area contributed by atoms with Gasteiger partial charge in [-0.25, -0.2) is 4.98 Å². The van der Waals surface area contributed by atoms with Gasteiger partial charge in [0.1, 0.15) is 10.6 Å². The lowest BCUT2D eigenvalue weighted by atomic mass is 10.0. The minimum Gasteiger partial charge on any atom is -0.360 e. The second-order valence-electron chi connectivity index (χ2n) is 4.73. The average molecular weight is 279 g/mol. The lowest BCUT2D eigenvalue weighted by Crippen LogP contribution is -2.24. The van der Waals surface area contributed by atoms with Crippen molar-refractivity contribution < 1.29 is 9.32 Å².